The van der Waals surface area contributed by atoms with Gasteiger partial charge in [-0.3, -0.25) is 10.1 Å². The lowest BCUT2D eigenvalue weighted by Gasteiger charge is -2.16. The summed E-state index contributed by atoms with van der Waals surface area (Å²) >= 11 is 5.98. The highest BCUT2D eigenvalue weighted by Gasteiger charge is 2.24. The third-order valence-electron chi connectivity index (χ3n) is 3.74. The van der Waals surface area contributed by atoms with Crippen molar-refractivity contribution >= 4 is 23.4 Å². The van der Waals surface area contributed by atoms with E-state index in [1.807, 2.05) is 0 Å². The normalized spacial score (nSPS) is 16.9. The third kappa shape index (κ3) is 3.25. The van der Waals surface area contributed by atoms with E-state index in [0.29, 0.717) is 22.6 Å². The molecule has 0 saturated heterocycles. The highest BCUT2D eigenvalue weighted by Crippen LogP contribution is 2.30. The Morgan fingerprint density at radius 3 is 3.14 bits per heavy atom. The molecular formula is C16H17ClN2O3. The Balaban J connectivity index is 1.61. The van der Waals surface area contributed by atoms with E-state index < -0.39 is 0 Å². The quantitative estimate of drug-likeness (QED) is 0.936. The SMILES string of the molecule is CC1CCc2noc(NC(=O)COc3ccccc3Cl)c2C1. The van der Waals surface area contributed by atoms with Gasteiger partial charge >= 0.3 is 0 Å². The zero-order valence-electron chi connectivity index (χ0n) is 12.3. The fourth-order valence-corrected chi connectivity index (χ4v) is 2.74. The maximum atomic E-state index is 12.0. The fourth-order valence-electron chi connectivity index (χ4n) is 2.55. The zero-order chi connectivity index (χ0) is 15.5. The average Bonchev–Trinajstić information content (AvgIpc) is 2.89. The van der Waals surface area contributed by atoms with Crippen LogP contribution in [0.15, 0.2) is 28.8 Å². The summed E-state index contributed by atoms with van der Waals surface area (Å²) in [4.78, 5) is 12.0. The largest absolute Gasteiger partial charge is 0.482 e. The number of hydrogen-bond donors (Lipinski definition) is 1. The number of anilines is 1. The van der Waals surface area contributed by atoms with Gasteiger partial charge < -0.3 is 9.26 Å². The monoisotopic (exact) mass is 320 g/mol. The van der Waals surface area contributed by atoms with E-state index in [0.717, 1.165) is 30.5 Å². The molecule has 0 bridgehead atoms. The summed E-state index contributed by atoms with van der Waals surface area (Å²) in [5.74, 6) is 1.20. The van der Waals surface area contributed by atoms with Gasteiger partial charge in [0.15, 0.2) is 6.61 Å². The van der Waals surface area contributed by atoms with Gasteiger partial charge in [-0.2, -0.15) is 0 Å². The average molecular weight is 321 g/mol. The smallest absolute Gasteiger partial charge is 0.264 e. The molecule has 3 rings (SSSR count). The van der Waals surface area contributed by atoms with Gasteiger partial charge in [-0.15, -0.1) is 0 Å². The van der Waals surface area contributed by atoms with E-state index in [-0.39, 0.29) is 12.5 Å². The summed E-state index contributed by atoms with van der Waals surface area (Å²) in [7, 11) is 0. The maximum absolute atomic E-state index is 12.0. The van der Waals surface area contributed by atoms with Crippen molar-refractivity contribution < 1.29 is 14.1 Å². The van der Waals surface area contributed by atoms with Crippen LogP contribution in [0.1, 0.15) is 24.6 Å². The van der Waals surface area contributed by atoms with Crippen molar-refractivity contribution in [1.29, 1.82) is 0 Å². The highest BCUT2D eigenvalue weighted by molar-refractivity contribution is 6.32. The molecule has 0 aliphatic heterocycles. The molecule has 6 heteroatoms. The number of para-hydroxylation sites is 1. The number of benzene rings is 1. The summed E-state index contributed by atoms with van der Waals surface area (Å²) in [6, 6.07) is 7.03. The number of nitrogens with zero attached hydrogens (tertiary/aromatic N) is 1. The van der Waals surface area contributed by atoms with Gasteiger partial charge in [0.05, 0.1) is 10.7 Å². The molecule has 0 saturated carbocycles. The number of nitrogens with one attached hydrogen (secondary N) is 1. The minimum atomic E-state index is -0.294. The van der Waals surface area contributed by atoms with E-state index in [4.69, 9.17) is 20.9 Å². The van der Waals surface area contributed by atoms with Crippen LogP contribution in [0.25, 0.3) is 0 Å². The van der Waals surface area contributed by atoms with Crippen molar-refractivity contribution in [3.8, 4) is 5.75 Å². The molecule has 22 heavy (non-hydrogen) atoms. The Morgan fingerprint density at radius 2 is 2.32 bits per heavy atom. The van der Waals surface area contributed by atoms with Crippen LogP contribution >= 0.6 is 11.6 Å². The zero-order valence-corrected chi connectivity index (χ0v) is 13.0. The number of aryl methyl sites for hydroxylation is 1. The fraction of sp³-hybridized carbons (Fsp3) is 0.375. The van der Waals surface area contributed by atoms with Crippen LogP contribution in [0.4, 0.5) is 5.88 Å². The Bertz CT molecular complexity index is 684. The van der Waals surface area contributed by atoms with Crippen LogP contribution in [0.2, 0.25) is 5.02 Å². The lowest BCUT2D eigenvalue weighted by molar-refractivity contribution is -0.118. The van der Waals surface area contributed by atoms with E-state index in [2.05, 4.69) is 17.4 Å². The number of fused-ring (bicyclic) bond motifs is 1. The Labute approximate surface area is 133 Å². The maximum Gasteiger partial charge on any atom is 0.264 e. The summed E-state index contributed by atoms with van der Waals surface area (Å²) in [5, 5.41) is 7.22. The number of aromatic nitrogens is 1. The lowest BCUT2D eigenvalue weighted by atomic mass is 9.89. The lowest BCUT2D eigenvalue weighted by Crippen LogP contribution is -2.21. The number of amides is 1. The molecule has 1 amide bonds. The molecule has 1 N–H and O–H groups in total. The first kappa shape index (κ1) is 14.9. The van der Waals surface area contributed by atoms with Crippen LogP contribution in [0.5, 0.6) is 5.75 Å². The van der Waals surface area contributed by atoms with Gasteiger partial charge in [-0.25, -0.2) is 0 Å². The Morgan fingerprint density at radius 1 is 1.50 bits per heavy atom. The van der Waals surface area contributed by atoms with Crippen molar-refractivity contribution in [1.82, 2.24) is 5.16 Å². The van der Waals surface area contributed by atoms with Gasteiger partial charge in [0.25, 0.3) is 5.91 Å². The van der Waals surface area contributed by atoms with Gasteiger partial charge in [-0.1, -0.05) is 35.8 Å². The second-order valence-electron chi connectivity index (χ2n) is 5.55. The van der Waals surface area contributed by atoms with Gasteiger partial charge in [0.2, 0.25) is 5.88 Å². The first-order valence-corrected chi connectivity index (χ1v) is 7.66. The van der Waals surface area contributed by atoms with E-state index in [1.165, 1.54) is 0 Å². The minimum Gasteiger partial charge on any atom is -0.482 e. The molecule has 1 aliphatic carbocycles. The predicted molar refractivity (Wildman–Crippen MR) is 83.3 cm³/mol. The summed E-state index contributed by atoms with van der Waals surface area (Å²) in [6.07, 6.45) is 2.87. The second kappa shape index (κ2) is 6.40. The molecule has 0 radical (unpaired) electrons. The number of hydrogen-bond acceptors (Lipinski definition) is 4. The van der Waals surface area contributed by atoms with Crippen LogP contribution < -0.4 is 10.1 Å². The number of halogens is 1. The molecule has 0 fully saturated rings. The molecule has 1 aromatic heterocycles. The molecule has 1 aromatic carbocycles. The first-order valence-electron chi connectivity index (χ1n) is 7.28. The van der Waals surface area contributed by atoms with Crippen molar-refractivity contribution in [3.63, 3.8) is 0 Å². The van der Waals surface area contributed by atoms with Gasteiger partial charge in [0, 0.05) is 5.56 Å². The Hall–Kier alpha value is -2.01. The number of carbonyl (C=O) groups is 1. The van der Waals surface area contributed by atoms with Crippen molar-refractivity contribution in [3.05, 3.63) is 40.5 Å². The molecule has 1 unspecified atom stereocenters. The second-order valence-corrected chi connectivity index (χ2v) is 5.96. The molecule has 2 aromatic rings. The van der Waals surface area contributed by atoms with E-state index in [9.17, 15) is 4.79 Å². The third-order valence-corrected chi connectivity index (χ3v) is 4.06. The molecule has 1 heterocycles. The van der Waals surface area contributed by atoms with Gasteiger partial charge in [0.1, 0.15) is 5.75 Å². The van der Waals surface area contributed by atoms with Crippen LogP contribution in [-0.4, -0.2) is 17.7 Å². The molecule has 1 atom stereocenters. The topological polar surface area (TPSA) is 64.4 Å². The molecule has 1 aliphatic rings. The Kier molecular flexibility index (Phi) is 4.34. The van der Waals surface area contributed by atoms with E-state index in [1.54, 1.807) is 24.3 Å². The van der Waals surface area contributed by atoms with Crippen molar-refractivity contribution in [2.45, 2.75) is 26.2 Å². The molecule has 0 spiro atoms. The summed E-state index contributed by atoms with van der Waals surface area (Å²) in [5.41, 5.74) is 1.95. The number of carbonyl (C=O) groups excluding carboxylic acids is 1. The van der Waals surface area contributed by atoms with Crippen molar-refractivity contribution in [2.75, 3.05) is 11.9 Å². The van der Waals surface area contributed by atoms with Crippen LogP contribution in [0.3, 0.4) is 0 Å². The van der Waals surface area contributed by atoms with Crippen molar-refractivity contribution in [2.24, 2.45) is 5.92 Å². The molecule has 116 valence electrons. The van der Waals surface area contributed by atoms with Crippen LogP contribution in [-0.2, 0) is 17.6 Å². The standard InChI is InChI=1S/C16H17ClN2O3/c1-10-6-7-13-11(8-10)16(22-19-13)18-15(20)9-21-14-5-3-2-4-12(14)17/h2-5,10H,6-9H2,1H3,(H,18,20). The summed E-state index contributed by atoms with van der Waals surface area (Å²) in [6.45, 7) is 2.05. The summed E-state index contributed by atoms with van der Waals surface area (Å²) < 4.78 is 10.7. The van der Waals surface area contributed by atoms with Gasteiger partial charge in [-0.05, 0) is 37.3 Å². The molecular weight excluding hydrogens is 304 g/mol. The van der Waals surface area contributed by atoms with Crippen LogP contribution in [0, 0.1) is 5.92 Å². The number of rotatable bonds is 4. The minimum absolute atomic E-state index is 0.130. The first-order chi connectivity index (χ1) is 10.6. The highest BCUT2D eigenvalue weighted by atomic mass is 35.5. The predicted octanol–water partition coefficient (Wildman–Crippen LogP) is 3.47. The molecule has 5 nitrogen and oxygen atoms in total. The van der Waals surface area contributed by atoms with E-state index >= 15 is 0 Å². The number of ether oxygens (including phenoxy) is 1.